The summed E-state index contributed by atoms with van der Waals surface area (Å²) in [5.74, 6) is 0.879. The van der Waals surface area contributed by atoms with Gasteiger partial charge in [0.1, 0.15) is 5.69 Å². The molecular weight excluding hydrogens is 474 g/mol. The fourth-order valence-electron chi connectivity index (χ4n) is 5.46. The SMILES string of the molecule is CCN(CC)Cc1ccc2c(c1)N(C)C1(C=Nc3c(c(CBr)cc4ccccc34)O1)C2(C)C. The maximum atomic E-state index is 7.02. The second-order valence-corrected chi connectivity index (χ2v) is 10.2. The van der Waals surface area contributed by atoms with Gasteiger partial charge in [0.15, 0.2) is 5.75 Å². The largest absolute Gasteiger partial charge is 0.459 e. The van der Waals surface area contributed by atoms with Crippen molar-refractivity contribution < 1.29 is 4.74 Å². The molecule has 1 atom stereocenters. The average molecular weight is 506 g/mol. The lowest BCUT2D eigenvalue weighted by atomic mass is 9.77. The molecule has 3 aromatic carbocycles. The molecule has 0 N–H and O–H groups in total. The van der Waals surface area contributed by atoms with Crippen LogP contribution >= 0.6 is 15.9 Å². The number of ether oxygens (including phenoxy) is 1. The summed E-state index contributed by atoms with van der Waals surface area (Å²) >= 11 is 3.69. The van der Waals surface area contributed by atoms with Gasteiger partial charge in [-0.15, -0.1) is 0 Å². The van der Waals surface area contributed by atoms with Crippen LogP contribution in [0.4, 0.5) is 11.4 Å². The monoisotopic (exact) mass is 505 g/mol. The summed E-state index contributed by atoms with van der Waals surface area (Å²) in [6, 6.07) is 17.5. The number of alkyl halides is 1. The Morgan fingerprint density at radius 1 is 1.06 bits per heavy atom. The molecule has 172 valence electrons. The van der Waals surface area contributed by atoms with Gasteiger partial charge in [-0.1, -0.05) is 66.2 Å². The van der Waals surface area contributed by atoms with E-state index in [0.717, 1.165) is 47.4 Å². The first-order chi connectivity index (χ1) is 15.9. The Balaban J connectivity index is 1.61. The minimum Gasteiger partial charge on any atom is -0.459 e. The highest BCUT2D eigenvalue weighted by molar-refractivity contribution is 9.08. The highest BCUT2D eigenvalue weighted by atomic mass is 79.9. The molecule has 3 aromatic rings. The van der Waals surface area contributed by atoms with Gasteiger partial charge >= 0.3 is 0 Å². The summed E-state index contributed by atoms with van der Waals surface area (Å²) in [6.07, 6.45) is 2.03. The van der Waals surface area contributed by atoms with Crippen molar-refractivity contribution >= 4 is 44.3 Å². The lowest BCUT2D eigenvalue weighted by Crippen LogP contribution is -2.61. The molecule has 33 heavy (non-hydrogen) atoms. The molecule has 2 heterocycles. The van der Waals surface area contributed by atoms with Gasteiger partial charge in [-0.05, 0) is 55.6 Å². The van der Waals surface area contributed by atoms with Crippen molar-refractivity contribution in [2.45, 2.75) is 50.7 Å². The molecule has 5 heteroatoms. The second-order valence-electron chi connectivity index (χ2n) is 9.62. The Morgan fingerprint density at radius 2 is 1.82 bits per heavy atom. The third kappa shape index (κ3) is 3.23. The summed E-state index contributed by atoms with van der Waals surface area (Å²) < 4.78 is 7.02. The number of benzene rings is 3. The number of anilines is 1. The number of fused-ring (bicyclic) bond motifs is 4. The maximum Gasteiger partial charge on any atom is 0.228 e. The van der Waals surface area contributed by atoms with Gasteiger partial charge in [0.25, 0.3) is 0 Å². The lowest BCUT2D eigenvalue weighted by molar-refractivity contribution is 0.0818. The normalized spacial score (nSPS) is 20.4. The van der Waals surface area contributed by atoms with Crippen LogP contribution in [0, 0.1) is 0 Å². The van der Waals surface area contributed by atoms with Crippen molar-refractivity contribution in [1.82, 2.24) is 4.90 Å². The molecule has 0 radical (unpaired) electrons. The predicted octanol–water partition coefficient (Wildman–Crippen LogP) is 6.80. The van der Waals surface area contributed by atoms with Crippen LogP contribution in [-0.4, -0.2) is 37.0 Å². The minimum atomic E-state index is -0.685. The molecule has 5 rings (SSSR count). The summed E-state index contributed by atoms with van der Waals surface area (Å²) in [4.78, 5) is 9.80. The van der Waals surface area contributed by atoms with Crippen LogP contribution in [0.1, 0.15) is 44.4 Å². The van der Waals surface area contributed by atoms with Gasteiger partial charge in [-0.3, -0.25) is 9.89 Å². The van der Waals surface area contributed by atoms with Crippen LogP contribution < -0.4 is 9.64 Å². The zero-order chi connectivity index (χ0) is 23.4. The Kier molecular flexibility index (Phi) is 5.53. The van der Waals surface area contributed by atoms with E-state index in [1.165, 1.54) is 22.2 Å². The number of likely N-dealkylation sites (N-methyl/N-ethyl adjacent to an activating group) is 1. The zero-order valence-electron chi connectivity index (χ0n) is 20.2. The van der Waals surface area contributed by atoms with Crippen molar-refractivity contribution in [3.8, 4) is 5.75 Å². The Morgan fingerprint density at radius 3 is 2.55 bits per heavy atom. The highest BCUT2D eigenvalue weighted by Crippen LogP contribution is 2.55. The molecule has 2 aliphatic rings. The standard InChI is InChI=1S/C28H32BrN3O/c1-6-32(7-2)17-19-12-13-23-24(14-19)31(5)28(27(23,3)4)18-30-25-22-11-9-8-10-20(22)15-21(16-29)26(25)33-28/h8-15,18H,6-7,16-17H2,1-5H3. The summed E-state index contributed by atoms with van der Waals surface area (Å²) in [7, 11) is 2.14. The van der Waals surface area contributed by atoms with Gasteiger partial charge in [-0.2, -0.15) is 0 Å². The van der Waals surface area contributed by atoms with E-state index in [-0.39, 0.29) is 5.41 Å². The van der Waals surface area contributed by atoms with Crippen LogP contribution in [0.5, 0.6) is 5.75 Å². The second kappa shape index (κ2) is 8.14. The van der Waals surface area contributed by atoms with Crippen molar-refractivity contribution in [2.75, 3.05) is 25.0 Å². The first-order valence-corrected chi connectivity index (χ1v) is 12.9. The molecule has 0 fully saturated rings. The quantitative estimate of drug-likeness (QED) is 0.357. The van der Waals surface area contributed by atoms with Gasteiger partial charge in [0, 0.05) is 35.6 Å². The van der Waals surface area contributed by atoms with Crippen LogP contribution in [0.2, 0.25) is 0 Å². The number of rotatable bonds is 5. The molecule has 0 aliphatic carbocycles. The van der Waals surface area contributed by atoms with E-state index in [1.807, 2.05) is 6.21 Å². The fourth-order valence-corrected chi connectivity index (χ4v) is 5.88. The van der Waals surface area contributed by atoms with E-state index < -0.39 is 5.72 Å². The predicted molar refractivity (Wildman–Crippen MR) is 143 cm³/mol. The number of nitrogens with zero attached hydrogens (tertiary/aromatic N) is 3. The van der Waals surface area contributed by atoms with E-state index >= 15 is 0 Å². The van der Waals surface area contributed by atoms with E-state index in [1.54, 1.807) is 0 Å². The molecule has 2 aliphatic heterocycles. The molecule has 4 nitrogen and oxygen atoms in total. The van der Waals surface area contributed by atoms with Crippen molar-refractivity contribution in [3.05, 3.63) is 65.2 Å². The number of hydrogen-bond donors (Lipinski definition) is 0. The minimum absolute atomic E-state index is 0.277. The number of hydrogen-bond acceptors (Lipinski definition) is 4. The van der Waals surface area contributed by atoms with E-state index in [2.05, 4.69) is 109 Å². The summed E-state index contributed by atoms with van der Waals surface area (Å²) in [6.45, 7) is 12.0. The van der Waals surface area contributed by atoms with Crippen LogP contribution in [-0.2, 0) is 17.3 Å². The number of aliphatic imine (C=N–C) groups is 1. The summed E-state index contributed by atoms with van der Waals surface area (Å²) in [5, 5.41) is 3.03. The molecule has 1 spiro atoms. The fraction of sp³-hybridized carbons (Fsp3) is 0.393. The Labute approximate surface area is 205 Å². The van der Waals surface area contributed by atoms with Crippen molar-refractivity contribution in [2.24, 2.45) is 4.99 Å². The van der Waals surface area contributed by atoms with Gasteiger partial charge in [0.05, 0.1) is 11.6 Å². The Hall–Kier alpha value is -2.37. The molecule has 0 amide bonds. The number of halogens is 1. The third-order valence-electron chi connectivity index (χ3n) is 7.61. The first-order valence-electron chi connectivity index (χ1n) is 11.8. The topological polar surface area (TPSA) is 28.1 Å². The molecule has 0 saturated carbocycles. The molecule has 0 saturated heterocycles. The lowest BCUT2D eigenvalue weighted by Gasteiger charge is -2.45. The molecule has 0 bridgehead atoms. The molecular formula is C28H32BrN3O. The molecule has 1 unspecified atom stereocenters. The van der Waals surface area contributed by atoms with Crippen molar-refractivity contribution in [1.29, 1.82) is 0 Å². The first kappa shape index (κ1) is 22.4. The van der Waals surface area contributed by atoms with E-state index in [4.69, 9.17) is 9.73 Å². The summed E-state index contributed by atoms with van der Waals surface area (Å²) in [5.41, 5.74) is 4.94. The third-order valence-corrected chi connectivity index (χ3v) is 8.22. The Bertz CT molecular complexity index is 1250. The average Bonchev–Trinajstić information content (AvgIpc) is 2.99. The van der Waals surface area contributed by atoms with Gasteiger partial charge in [-0.25, -0.2) is 0 Å². The van der Waals surface area contributed by atoms with Gasteiger partial charge in [0.2, 0.25) is 5.72 Å². The van der Waals surface area contributed by atoms with Crippen LogP contribution in [0.3, 0.4) is 0 Å². The maximum absolute atomic E-state index is 7.02. The van der Waals surface area contributed by atoms with Crippen LogP contribution in [0.25, 0.3) is 10.8 Å². The van der Waals surface area contributed by atoms with Crippen LogP contribution in [0.15, 0.2) is 53.5 Å². The smallest absolute Gasteiger partial charge is 0.228 e. The molecule has 0 aromatic heterocycles. The van der Waals surface area contributed by atoms with Gasteiger partial charge < -0.3 is 9.64 Å². The highest BCUT2D eigenvalue weighted by Gasteiger charge is 2.58. The zero-order valence-corrected chi connectivity index (χ0v) is 21.7. The van der Waals surface area contributed by atoms with E-state index in [0.29, 0.717) is 0 Å². The van der Waals surface area contributed by atoms with E-state index in [9.17, 15) is 0 Å². The van der Waals surface area contributed by atoms with Crippen molar-refractivity contribution in [3.63, 3.8) is 0 Å².